The van der Waals surface area contributed by atoms with Gasteiger partial charge >= 0.3 is 5.97 Å². The summed E-state index contributed by atoms with van der Waals surface area (Å²) in [6, 6.07) is 5.63. The van der Waals surface area contributed by atoms with E-state index in [0.29, 0.717) is 48.5 Å². The van der Waals surface area contributed by atoms with E-state index in [2.05, 4.69) is 15.0 Å². The van der Waals surface area contributed by atoms with Gasteiger partial charge < -0.3 is 9.15 Å². The normalized spacial score (nSPS) is 13.8. The number of benzene rings is 1. The molecule has 0 atom stereocenters. The van der Waals surface area contributed by atoms with Crippen molar-refractivity contribution in [2.75, 3.05) is 13.2 Å². The molecule has 182 valence electrons. The van der Waals surface area contributed by atoms with Crippen molar-refractivity contribution in [1.82, 2.24) is 19.7 Å². The fourth-order valence-corrected chi connectivity index (χ4v) is 5.41. The van der Waals surface area contributed by atoms with Crippen LogP contribution in [0.1, 0.15) is 50.4 Å². The number of aromatic nitrogens is 3. The van der Waals surface area contributed by atoms with Crippen LogP contribution in [-0.4, -0.2) is 38.8 Å². The standard InChI is InChI=1S/C26H28N4O4S/c1-4-33-26(32)24-20-13-29(12-18-14-34-22-6-5-16(2)11-19(22)25(18)31)9-7-21(20)30(28-24)10-8-23-17(3)27-15-35-23/h5-6,11,14-15H,4,7-10,12-13H2,1-3H3. The third-order valence-corrected chi connectivity index (χ3v) is 7.47. The van der Waals surface area contributed by atoms with Crippen molar-refractivity contribution in [3.05, 3.63) is 78.8 Å². The predicted molar refractivity (Wildman–Crippen MR) is 134 cm³/mol. The molecule has 3 aromatic heterocycles. The van der Waals surface area contributed by atoms with E-state index in [0.717, 1.165) is 41.9 Å². The second-order valence-corrected chi connectivity index (χ2v) is 9.82. The van der Waals surface area contributed by atoms with Crippen molar-refractivity contribution in [3.63, 3.8) is 0 Å². The van der Waals surface area contributed by atoms with Gasteiger partial charge in [-0.2, -0.15) is 5.10 Å². The lowest BCUT2D eigenvalue weighted by molar-refractivity contribution is 0.0515. The zero-order chi connectivity index (χ0) is 24.5. The monoisotopic (exact) mass is 492 g/mol. The van der Waals surface area contributed by atoms with Crippen molar-refractivity contribution in [3.8, 4) is 0 Å². The van der Waals surface area contributed by atoms with Crippen LogP contribution < -0.4 is 5.43 Å². The SMILES string of the molecule is CCOC(=O)c1nn(CCc2scnc2C)c2c1CN(Cc1coc3ccc(C)cc3c1=O)CC2. The van der Waals surface area contributed by atoms with Gasteiger partial charge in [0.25, 0.3) is 0 Å². The second-order valence-electron chi connectivity index (χ2n) is 8.88. The third kappa shape index (κ3) is 4.66. The number of fused-ring (bicyclic) bond motifs is 2. The van der Waals surface area contributed by atoms with Crippen molar-refractivity contribution in [2.24, 2.45) is 0 Å². The maximum absolute atomic E-state index is 13.1. The Bertz CT molecular complexity index is 1450. The predicted octanol–water partition coefficient (Wildman–Crippen LogP) is 4.04. The van der Waals surface area contributed by atoms with E-state index in [1.165, 1.54) is 4.88 Å². The molecule has 0 spiro atoms. The molecule has 35 heavy (non-hydrogen) atoms. The Labute approximate surface area is 207 Å². The van der Waals surface area contributed by atoms with Crippen LogP contribution in [0.25, 0.3) is 11.0 Å². The van der Waals surface area contributed by atoms with Gasteiger partial charge in [-0.1, -0.05) is 11.6 Å². The highest BCUT2D eigenvalue weighted by Crippen LogP contribution is 2.26. The number of hydrogen-bond acceptors (Lipinski definition) is 8. The van der Waals surface area contributed by atoms with Gasteiger partial charge in [0, 0.05) is 60.7 Å². The molecular weight excluding hydrogens is 464 g/mol. The molecule has 0 saturated carbocycles. The number of esters is 1. The number of ether oxygens (including phenoxy) is 1. The van der Waals surface area contributed by atoms with Gasteiger partial charge in [0.05, 0.1) is 29.5 Å². The summed E-state index contributed by atoms with van der Waals surface area (Å²) >= 11 is 1.64. The zero-order valence-corrected chi connectivity index (χ0v) is 21.0. The van der Waals surface area contributed by atoms with Gasteiger partial charge in [-0.15, -0.1) is 11.3 Å². The second kappa shape index (κ2) is 9.75. The minimum Gasteiger partial charge on any atom is -0.464 e. The van der Waals surface area contributed by atoms with Gasteiger partial charge in [0.2, 0.25) is 0 Å². The Morgan fingerprint density at radius 3 is 2.91 bits per heavy atom. The van der Waals surface area contributed by atoms with Gasteiger partial charge in [0.1, 0.15) is 5.58 Å². The smallest absolute Gasteiger partial charge is 0.359 e. The average Bonchev–Trinajstić information content (AvgIpc) is 3.42. The van der Waals surface area contributed by atoms with Crippen LogP contribution in [0.15, 0.2) is 39.2 Å². The summed E-state index contributed by atoms with van der Waals surface area (Å²) in [7, 11) is 0. The summed E-state index contributed by atoms with van der Waals surface area (Å²) in [6.07, 6.45) is 3.11. The summed E-state index contributed by atoms with van der Waals surface area (Å²) in [4.78, 5) is 33.6. The quantitative estimate of drug-likeness (QED) is 0.360. The number of hydrogen-bond donors (Lipinski definition) is 0. The molecule has 0 unspecified atom stereocenters. The van der Waals surface area contributed by atoms with E-state index >= 15 is 0 Å². The molecule has 8 nitrogen and oxygen atoms in total. The first-order chi connectivity index (χ1) is 16.9. The van der Waals surface area contributed by atoms with Crippen LogP contribution in [0.4, 0.5) is 0 Å². The van der Waals surface area contributed by atoms with E-state index in [9.17, 15) is 9.59 Å². The lowest BCUT2D eigenvalue weighted by Crippen LogP contribution is -2.33. The van der Waals surface area contributed by atoms with E-state index in [-0.39, 0.29) is 5.43 Å². The van der Waals surface area contributed by atoms with E-state index in [1.807, 2.05) is 42.2 Å². The first-order valence-electron chi connectivity index (χ1n) is 11.8. The largest absolute Gasteiger partial charge is 0.464 e. The lowest BCUT2D eigenvalue weighted by Gasteiger charge is -2.27. The maximum Gasteiger partial charge on any atom is 0.359 e. The van der Waals surface area contributed by atoms with E-state index < -0.39 is 5.97 Å². The molecule has 4 heterocycles. The molecule has 0 fully saturated rings. The van der Waals surface area contributed by atoms with Gasteiger partial charge in [-0.25, -0.2) is 9.78 Å². The highest BCUT2D eigenvalue weighted by Gasteiger charge is 2.29. The maximum atomic E-state index is 13.1. The number of thiazole rings is 1. The summed E-state index contributed by atoms with van der Waals surface area (Å²) in [5, 5.41) is 5.26. The average molecular weight is 493 g/mol. The molecule has 0 saturated heterocycles. The summed E-state index contributed by atoms with van der Waals surface area (Å²) < 4.78 is 13.0. The summed E-state index contributed by atoms with van der Waals surface area (Å²) in [5.74, 6) is -0.404. The molecule has 4 aromatic rings. The van der Waals surface area contributed by atoms with Crippen LogP contribution in [-0.2, 0) is 37.2 Å². The molecule has 1 aliphatic rings. The molecule has 0 amide bonds. The zero-order valence-electron chi connectivity index (χ0n) is 20.2. The first-order valence-corrected chi connectivity index (χ1v) is 12.7. The Balaban J connectivity index is 1.41. The van der Waals surface area contributed by atoms with Crippen molar-refractivity contribution < 1.29 is 13.9 Å². The third-order valence-electron chi connectivity index (χ3n) is 6.47. The van der Waals surface area contributed by atoms with Gasteiger partial charge in [-0.3, -0.25) is 14.4 Å². The minimum absolute atomic E-state index is 0.0121. The summed E-state index contributed by atoms with van der Waals surface area (Å²) in [5.41, 5.74) is 7.42. The van der Waals surface area contributed by atoms with Crippen molar-refractivity contribution >= 4 is 28.3 Å². The number of nitrogens with zero attached hydrogens (tertiary/aromatic N) is 4. The van der Waals surface area contributed by atoms with Gasteiger partial charge in [-0.05, 0) is 32.9 Å². The highest BCUT2D eigenvalue weighted by atomic mass is 32.1. The van der Waals surface area contributed by atoms with Crippen LogP contribution in [0.2, 0.25) is 0 Å². The number of carbonyl (C=O) groups excluding carboxylic acids is 1. The minimum atomic E-state index is -0.404. The van der Waals surface area contributed by atoms with Gasteiger partial charge in [0.15, 0.2) is 11.1 Å². The number of rotatable bonds is 7. The molecule has 1 aromatic carbocycles. The fourth-order valence-electron chi connectivity index (χ4n) is 4.64. The fraction of sp³-hybridized carbons (Fsp3) is 0.385. The van der Waals surface area contributed by atoms with Crippen molar-refractivity contribution in [2.45, 2.75) is 53.2 Å². The summed E-state index contributed by atoms with van der Waals surface area (Å²) in [6.45, 7) is 8.46. The Morgan fingerprint density at radius 2 is 2.14 bits per heavy atom. The van der Waals surface area contributed by atoms with Crippen LogP contribution in [0.5, 0.6) is 0 Å². The Morgan fingerprint density at radius 1 is 1.29 bits per heavy atom. The first kappa shape index (κ1) is 23.4. The molecule has 5 rings (SSSR count). The van der Waals surface area contributed by atoms with Crippen LogP contribution >= 0.6 is 11.3 Å². The molecule has 1 aliphatic heterocycles. The highest BCUT2D eigenvalue weighted by molar-refractivity contribution is 7.09. The number of aryl methyl sites for hydroxylation is 4. The molecule has 9 heteroatoms. The molecule has 0 N–H and O–H groups in total. The Kier molecular flexibility index (Phi) is 6.53. The molecule has 0 bridgehead atoms. The number of carbonyl (C=O) groups is 1. The van der Waals surface area contributed by atoms with E-state index in [1.54, 1.807) is 24.5 Å². The molecule has 0 radical (unpaired) electrons. The van der Waals surface area contributed by atoms with Crippen LogP contribution in [0, 0.1) is 13.8 Å². The van der Waals surface area contributed by atoms with E-state index in [4.69, 9.17) is 9.15 Å². The molecule has 0 aliphatic carbocycles. The lowest BCUT2D eigenvalue weighted by atomic mass is 10.0. The Hall–Kier alpha value is -3.30. The van der Waals surface area contributed by atoms with Crippen molar-refractivity contribution in [1.29, 1.82) is 0 Å². The molecular formula is C26H28N4O4S. The topological polar surface area (TPSA) is 90.5 Å². The van der Waals surface area contributed by atoms with Crippen LogP contribution in [0.3, 0.4) is 0 Å².